The number of hydrogen-bond donors (Lipinski definition) is 1. The van der Waals surface area contributed by atoms with Crippen molar-refractivity contribution in [3.8, 4) is 6.07 Å². The zero-order chi connectivity index (χ0) is 15.8. The number of fused-ring (bicyclic) bond motifs is 1. The third kappa shape index (κ3) is 2.89. The Balaban J connectivity index is 2.47. The van der Waals surface area contributed by atoms with Gasteiger partial charge in [0, 0.05) is 17.8 Å². The smallest absolute Gasteiger partial charge is 0.331 e. The highest BCUT2D eigenvalue weighted by atomic mass is 16.2. The summed E-state index contributed by atoms with van der Waals surface area (Å²) < 4.78 is 2.26. The van der Waals surface area contributed by atoms with Crippen LogP contribution in [0, 0.1) is 11.3 Å². The van der Waals surface area contributed by atoms with Crippen molar-refractivity contribution in [2.45, 2.75) is 52.2 Å². The lowest BCUT2D eigenvalue weighted by Gasteiger charge is -2.20. The van der Waals surface area contributed by atoms with Crippen LogP contribution in [0.1, 0.15) is 38.4 Å². The average Bonchev–Trinajstić information content (AvgIpc) is 2.82. The molecule has 1 aliphatic heterocycles. The van der Waals surface area contributed by atoms with Crippen molar-refractivity contribution in [3.05, 3.63) is 32.1 Å². The Bertz CT molecular complexity index is 744. The lowest BCUT2D eigenvalue weighted by molar-refractivity contribution is -0.123. The molecule has 0 unspecified atom stereocenters. The van der Waals surface area contributed by atoms with Crippen LogP contribution in [0.4, 0.5) is 0 Å². The molecule has 0 spiro atoms. The predicted molar refractivity (Wildman–Crippen MR) is 75.9 cm³/mol. The van der Waals surface area contributed by atoms with Crippen LogP contribution >= 0.6 is 0 Å². The van der Waals surface area contributed by atoms with Gasteiger partial charge in [-0.15, -0.1) is 0 Å². The minimum atomic E-state index is -0.681. The fourth-order valence-electron chi connectivity index (χ4n) is 2.49. The number of nitrogens with zero attached hydrogens (tertiary/aromatic N) is 3. The molecule has 1 aromatic rings. The molecule has 0 radical (unpaired) electrons. The number of amides is 1. The number of rotatable bonds is 2. The Labute approximate surface area is 121 Å². The van der Waals surface area contributed by atoms with Crippen LogP contribution in [0.15, 0.2) is 9.59 Å². The minimum Gasteiger partial charge on any atom is -0.350 e. The van der Waals surface area contributed by atoms with Gasteiger partial charge in [-0.25, -0.2) is 9.36 Å². The van der Waals surface area contributed by atoms with Gasteiger partial charge >= 0.3 is 5.69 Å². The van der Waals surface area contributed by atoms with E-state index in [1.165, 1.54) is 4.57 Å². The van der Waals surface area contributed by atoms with Crippen molar-refractivity contribution in [2.75, 3.05) is 0 Å². The standard InChI is InChI=1S/C14H18N4O3/c1-14(2,3)16-11(19)8-18-12(20)9(7-15)10-5-4-6-17(10)13(18)21/h4-6,8H2,1-3H3,(H,16,19). The van der Waals surface area contributed by atoms with Gasteiger partial charge in [0.2, 0.25) is 5.91 Å². The van der Waals surface area contributed by atoms with Gasteiger partial charge in [-0.05, 0) is 33.6 Å². The molecule has 2 rings (SSSR count). The number of aromatic nitrogens is 2. The molecule has 7 heteroatoms. The van der Waals surface area contributed by atoms with E-state index in [0.29, 0.717) is 18.7 Å². The highest BCUT2D eigenvalue weighted by Gasteiger charge is 2.24. The predicted octanol–water partition coefficient (Wildman–Crippen LogP) is -0.257. The van der Waals surface area contributed by atoms with E-state index in [1.54, 1.807) is 0 Å². The summed E-state index contributed by atoms with van der Waals surface area (Å²) in [7, 11) is 0. The van der Waals surface area contributed by atoms with Gasteiger partial charge in [0.1, 0.15) is 18.2 Å². The summed E-state index contributed by atoms with van der Waals surface area (Å²) in [5.41, 5.74) is -1.20. The van der Waals surface area contributed by atoms with Crippen LogP contribution in [0.3, 0.4) is 0 Å². The van der Waals surface area contributed by atoms with Crippen molar-refractivity contribution in [1.82, 2.24) is 14.5 Å². The van der Waals surface area contributed by atoms with Crippen molar-refractivity contribution >= 4 is 5.91 Å². The first kappa shape index (κ1) is 15.0. The second-order valence-corrected chi connectivity index (χ2v) is 6.16. The van der Waals surface area contributed by atoms with Crippen LogP contribution in [-0.4, -0.2) is 20.6 Å². The normalized spacial score (nSPS) is 13.6. The summed E-state index contributed by atoms with van der Waals surface area (Å²) in [6.45, 7) is 5.53. The second kappa shape index (κ2) is 5.20. The minimum absolute atomic E-state index is 0.0318. The number of carbonyl (C=O) groups excluding carboxylic acids is 1. The highest BCUT2D eigenvalue weighted by Crippen LogP contribution is 2.13. The van der Waals surface area contributed by atoms with Gasteiger partial charge in [-0.1, -0.05) is 0 Å². The molecule has 1 aliphatic rings. The van der Waals surface area contributed by atoms with Crippen LogP contribution in [0.5, 0.6) is 0 Å². The molecule has 0 atom stereocenters. The zero-order valence-electron chi connectivity index (χ0n) is 12.4. The molecule has 2 heterocycles. The molecule has 0 fully saturated rings. The Morgan fingerprint density at radius 3 is 2.62 bits per heavy atom. The maximum absolute atomic E-state index is 12.3. The fourth-order valence-corrected chi connectivity index (χ4v) is 2.49. The average molecular weight is 290 g/mol. The molecule has 0 bridgehead atoms. The van der Waals surface area contributed by atoms with Gasteiger partial charge in [0.15, 0.2) is 0 Å². The van der Waals surface area contributed by atoms with E-state index in [1.807, 2.05) is 26.8 Å². The lowest BCUT2D eigenvalue weighted by Crippen LogP contribution is -2.48. The number of hydrogen-bond acceptors (Lipinski definition) is 4. The molecule has 1 aromatic heterocycles. The van der Waals surface area contributed by atoms with E-state index in [-0.39, 0.29) is 12.1 Å². The SMILES string of the molecule is CC(C)(C)NC(=O)Cn1c(=O)c(C#N)c2n(c1=O)CCC2. The highest BCUT2D eigenvalue weighted by molar-refractivity contribution is 5.76. The fraction of sp³-hybridized carbons (Fsp3) is 0.571. The van der Waals surface area contributed by atoms with Gasteiger partial charge < -0.3 is 5.32 Å². The number of carbonyl (C=O) groups is 1. The quantitative estimate of drug-likeness (QED) is 0.811. The Morgan fingerprint density at radius 2 is 2.05 bits per heavy atom. The first-order valence-corrected chi connectivity index (χ1v) is 6.82. The topological polar surface area (TPSA) is 96.9 Å². The first-order chi connectivity index (χ1) is 9.74. The van der Waals surface area contributed by atoms with E-state index >= 15 is 0 Å². The Morgan fingerprint density at radius 1 is 1.38 bits per heavy atom. The number of nitriles is 1. The third-order valence-corrected chi connectivity index (χ3v) is 3.26. The van der Waals surface area contributed by atoms with Crippen LogP contribution < -0.4 is 16.6 Å². The molecule has 21 heavy (non-hydrogen) atoms. The zero-order valence-corrected chi connectivity index (χ0v) is 12.4. The molecule has 112 valence electrons. The number of nitrogens with one attached hydrogen (secondary N) is 1. The summed E-state index contributed by atoms with van der Waals surface area (Å²) in [5.74, 6) is -0.427. The largest absolute Gasteiger partial charge is 0.350 e. The van der Waals surface area contributed by atoms with Crippen LogP contribution in [0.2, 0.25) is 0 Å². The van der Waals surface area contributed by atoms with Crippen molar-refractivity contribution in [1.29, 1.82) is 5.26 Å². The molecular weight excluding hydrogens is 272 g/mol. The lowest BCUT2D eigenvalue weighted by atomic mass is 10.1. The Kier molecular flexibility index (Phi) is 3.73. The summed E-state index contributed by atoms with van der Waals surface area (Å²) >= 11 is 0. The van der Waals surface area contributed by atoms with Gasteiger partial charge in [-0.2, -0.15) is 5.26 Å². The van der Waals surface area contributed by atoms with E-state index < -0.39 is 22.7 Å². The molecule has 0 saturated carbocycles. The summed E-state index contributed by atoms with van der Waals surface area (Å²) in [6.07, 6.45) is 1.27. The molecule has 0 saturated heterocycles. The third-order valence-electron chi connectivity index (χ3n) is 3.26. The van der Waals surface area contributed by atoms with Crippen molar-refractivity contribution in [3.63, 3.8) is 0 Å². The van der Waals surface area contributed by atoms with E-state index in [4.69, 9.17) is 5.26 Å². The van der Waals surface area contributed by atoms with Crippen LogP contribution in [-0.2, 0) is 24.3 Å². The molecule has 7 nitrogen and oxygen atoms in total. The molecular formula is C14H18N4O3. The Hall–Kier alpha value is -2.36. The maximum atomic E-state index is 12.3. The molecule has 1 amide bonds. The van der Waals surface area contributed by atoms with E-state index in [0.717, 1.165) is 11.0 Å². The van der Waals surface area contributed by atoms with Crippen molar-refractivity contribution < 1.29 is 4.79 Å². The van der Waals surface area contributed by atoms with Gasteiger partial charge in [-0.3, -0.25) is 14.2 Å². The molecule has 0 aliphatic carbocycles. The first-order valence-electron chi connectivity index (χ1n) is 6.82. The van der Waals surface area contributed by atoms with Crippen molar-refractivity contribution in [2.24, 2.45) is 0 Å². The molecule has 0 aromatic carbocycles. The second-order valence-electron chi connectivity index (χ2n) is 6.16. The summed E-state index contributed by atoms with van der Waals surface area (Å²) in [5, 5.41) is 11.8. The van der Waals surface area contributed by atoms with Gasteiger partial charge in [0.05, 0.1) is 0 Å². The summed E-state index contributed by atoms with van der Waals surface area (Å²) in [6, 6.07) is 1.86. The maximum Gasteiger partial charge on any atom is 0.331 e. The summed E-state index contributed by atoms with van der Waals surface area (Å²) in [4.78, 5) is 36.4. The molecule has 1 N–H and O–H groups in total. The van der Waals surface area contributed by atoms with Gasteiger partial charge in [0.25, 0.3) is 5.56 Å². The monoisotopic (exact) mass is 290 g/mol. The van der Waals surface area contributed by atoms with Crippen LogP contribution in [0.25, 0.3) is 0 Å². The van der Waals surface area contributed by atoms with E-state index in [2.05, 4.69) is 5.32 Å². The van der Waals surface area contributed by atoms with E-state index in [9.17, 15) is 14.4 Å².